The lowest BCUT2D eigenvalue weighted by molar-refractivity contribution is -0.137. The van der Waals surface area contributed by atoms with Crippen molar-refractivity contribution in [3.8, 4) is 11.3 Å². The van der Waals surface area contributed by atoms with E-state index in [-0.39, 0.29) is 18.3 Å². The molecule has 30 heavy (non-hydrogen) atoms. The predicted molar refractivity (Wildman–Crippen MR) is 112 cm³/mol. The lowest BCUT2D eigenvalue weighted by Crippen LogP contribution is -2.53. The summed E-state index contributed by atoms with van der Waals surface area (Å²) in [6, 6.07) is 6.08. The van der Waals surface area contributed by atoms with Crippen LogP contribution >= 0.6 is 11.6 Å². The van der Waals surface area contributed by atoms with Crippen molar-refractivity contribution >= 4 is 29.3 Å². The molecule has 0 aliphatic carbocycles. The smallest absolute Gasteiger partial charge is 0.237 e. The van der Waals surface area contributed by atoms with Crippen LogP contribution in [0.15, 0.2) is 36.7 Å². The number of amides is 1. The molecular formula is C20H21ClFN7O. The van der Waals surface area contributed by atoms with Gasteiger partial charge in [0.1, 0.15) is 23.2 Å². The Hall–Kier alpha value is -3.04. The first-order chi connectivity index (χ1) is 14.3. The van der Waals surface area contributed by atoms with Crippen LogP contribution in [0.4, 0.5) is 16.2 Å². The number of carbonyl (C=O) groups is 1. The first-order valence-electron chi connectivity index (χ1n) is 9.43. The van der Waals surface area contributed by atoms with E-state index < -0.39 is 5.54 Å². The normalized spacial score (nSPS) is 15.0. The summed E-state index contributed by atoms with van der Waals surface area (Å²) in [6.45, 7) is 4.77. The number of hydrogen-bond donors (Lipinski definition) is 2. The van der Waals surface area contributed by atoms with Gasteiger partial charge in [0.25, 0.3) is 0 Å². The van der Waals surface area contributed by atoms with E-state index in [1.165, 1.54) is 24.5 Å². The molecule has 1 amide bonds. The SMILES string of the molecule is CC1(C)c2nc(-c3ccc(F)cc3)c(Nc3ncc(Cl)cn3)n2CCN1C(=O)CN. The van der Waals surface area contributed by atoms with Gasteiger partial charge in [-0.1, -0.05) is 11.6 Å². The zero-order valence-corrected chi connectivity index (χ0v) is 17.3. The lowest BCUT2D eigenvalue weighted by Gasteiger charge is -2.42. The number of aromatic nitrogens is 4. The maximum absolute atomic E-state index is 13.5. The van der Waals surface area contributed by atoms with E-state index >= 15 is 0 Å². The van der Waals surface area contributed by atoms with E-state index in [4.69, 9.17) is 22.3 Å². The topological polar surface area (TPSA) is 102 Å². The zero-order chi connectivity index (χ0) is 21.5. The van der Waals surface area contributed by atoms with Gasteiger partial charge in [-0.3, -0.25) is 4.79 Å². The molecule has 0 fully saturated rings. The van der Waals surface area contributed by atoms with E-state index in [9.17, 15) is 9.18 Å². The highest BCUT2D eigenvalue weighted by molar-refractivity contribution is 6.30. The molecular weight excluding hydrogens is 409 g/mol. The van der Waals surface area contributed by atoms with E-state index in [2.05, 4.69) is 15.3 Å². The summed E-state index contributed by atoms with van der Waals surface area (Å²) >= 11 is 5.89. The first-order valence-corrected chi connectivity index (χ1v) is 9.81. The maximum atomic E-state index is 13.5. The number of hydrogen-bond acceptors (Lipinski definition) is 6. The fraction of sp³-hybridized carbons (Fsp3) is 0.300. The third-order valence-corrected chi connectivity index (χ3v) is 5.38. The van der Waals surface area contributed by atoms with Gasteiger partial charge in [0.05, 0.1) is 29.5 Å². The molecule has 156 valence electrons. The van der Waals surface area contributed by atoms with Gasteiger partial charge >= 0.3 is 0 Å². The van der Waals surface area contributed by atoms with Crippen molar-refractivity contribution in [2.75, 3.05) is 18.4 Å². The standard InChI is InChI=1S/C20H21ClFN7O/c1-20(2)18-26-16(12-3-5-14(22)6-4-12)17(27-19-24-10-13(21)11-25-19)28(18)7-8-29(20)15(30)9-23/h3-6,10-11H,7-9,23H2,1-2H3,(H,24,25,27). The van der Waals surface area contributed by atoms with Gasteiger partial charge in [-0.2, -0.15) is 0 Å². The minimum Gasteiger partial charge on any atom is -0.327 e. The fourth-order valence-electron chi connectivity index (χ4n) is 3.70. The summed E-state index contributed by atoms with van der Waals surface area (Å²) in [7, 11) is 0. The summed E-state index contributed by atoms with van der Waals surface area (Å²) in [6.07, 6.45) is 2.99. The van der Waals surface area contributed by atoms with E-state index in [0.29, 0.717) is 41.4 Å². The highest BCUT2D eigenvalue weighted by atomic mass is 35.5. The van der Waals surface area contributed by atoms with Crippen LogP contribution in [0, 0.1) is 5.82 Å². The number of nitrogens with one attached hydrogen (secondary N) is 1. The first kappa shape index (κ1) is 20.2. The molecule has 8 nitrogen and oxygen atoms in total. The second-order valence-corrected chi connectivity index (χ2v) is 7.89. The van der Waals surface area contributed by atoms with Gasteiger partial charge in [-0.15, -0.1) is 0 Å². The number of carbonyl (C=O) groups excluding carboxylic acids is 1. The van der Waals surface area contributed by atoms with Gasteiger partial charge in [-0.05, 0) is 38.1 Å². The van der Waals surface area contributed by atoms with Gasteiger partial charge in [0.2, 0.25) is 11.9 Å². The van der Waals surface area contributed by atoms with Crippen molar-refractivity contribution in [3.05, 3.63) is 53.3 Å². The molecule has 3 aromatic rings. The van der Waals surface area contributed by atoms with Crippen LogP contribution in [-0.4, -0.2) is 43.4 Å². The minimum absolute atomic E-state index is 0.0708. The van der Waals surface area contributed by atoms with E-state index in [1.54, 1.807) is 17.0 Å². The highest BCUT2D eigenvalue weighted by Gasteiger charge is 2.41. The molecule has 3 heterocycles. The molecule has 0 saturated heterocycles. The molecule has 4 rings (SSSR count). The molecule has 0 bridgehead atoms. The molecule has 0 spiro atoms. The Kier molecular flexibility index (Phi) is 5.17. The Bertz CT molecular complexity index is 1080. The van der Waals surface area contributed by atoms with Crippen molar-refractivity contribution in [1.82, 2.24) is 24.4 Å². The molecule has 3 N–H and O–H groups in total. The number of halogens is 2. The summed E-state index contributed by atoms with van der Waals surface area (Å²) in [5.74, 6) is 1.22. The fourth-order valence-corrected chi connectivity index (χ4v) is 3.80. The van der Waals surface area contributed by atoms with Crippen LogP contribution < -0.4 is 11.1 Å². The van der Waals surface area contributed by atoms with Gasteiger partial charge < -0.3 is 20.5 Å². The highest BCUT2D eigenvalue weighted by Crippen LogP contribution is 2.39. The van der Waals surface area contributed by atoms with E-state index in [0.717, 1.165) is 5.56 Å². The van der Waals surface area contributed by atoms with Gasteiger partial charge in [-0.25, -0.2) is 19.3 Å². The van der Waals surface area contributed by atoms with Crippen molar-refractivity contribution in [2.45, 2.75) is 25.9 Å². The Morgan fingerprint density at radius 2 is 1.90 bits per heavy atom. The number of nitrogens with zero attached hydrogens (tertiary/aromatic N) is 5. The number of fused-ring (bicyclic) bond motifs is 1. The van der Waals surface area contributed by atoms with Crippen molar-refractivity contribution in [3.63, 3.8) is 0 Å². The minimum atomic E-state index is -0.690. The van der Waals surface area contributed by atoms with Crippen LogP contribution in [0.25, 0.3) is 11.3 Å². The summed E-state index contributed by atoms with van der Waals surface area (Å²) < 4.78 is 15.5. The van der Waals surface area contributed by atoms with Crippen molar-refractivity contribution < 1.29 is 9.18 Å². The third-order valence-electron chi connectivity index (χ3n) is 5.18. The monoisotopic (exact) mass is 429 g/mol. The number of imidazole rings is 1. The number of nitrogens with two attached hydrogens (primary N) is 1. The Labute approximate surface area is 177 Å². The van der Waals surface area contributed by atoms with Crippen LogP contribution in [0.5, 0.6) is 0 Å². The second-order valence-electron chi connectivity index (χ2n) is 7.45. The molecule has 0 unspecified atom stereocenters. The summed E-state index contributed by atoms with van der Waals surface area (Å²) in [4.78, 5) is 27.4. The number of benzene rings is 1. The molecule has 0 saturated carbocycles. The molecule has 1 aromatic carbocycles. The van der Waals surface area contributed by atoms with Crippen molar-refractivity contribution in [1.29, 1.82) is 0 Å². The van der Waals surface area contributed by atoms with Crippen molar-refractivity contribution in [2.24, 2.45) is 5.73 Å². The Morgan fingerprint density at radius 3 is 2.53 bits per heavy atom. The third kappa shape index (κ3) is 3.50. The maximum Gasteiger partial charge on any atom is 0.237 e. The quantitative estimate of drug-likeness (QED) is 0.661. The van der Waals surface area contributed by atoms with Crippen LogP contribution in [-0.2, 0) is 16.9 Å². The zero-order valence-electron chi connectivity index (χ0n) is 16.6. The molecule has 2 aromatic heterocycles. The summed E-state index contributed by atoms with van der Waals surface area (Å²) in [5.41, 5.74) is 6.25. The van der Waals surface area contributed by atoms with Gasteiger partial charge in [0, 0.05) is 18.7 Å². The second kappa shape index (κ2) is 7.66. The molecule has 1 aliphatic heterocycles. The average molecular weight is 430 g/mol. The predicted octanol–water partition coefficient (Wildman–Crippen LogP) is 2.91. The Balaban J connectivity index is 1.85. The average Bonchev–Trinajstić information content (AvgIpc) is 3.09. The van der Waals surface area contributed by atoms with Crippen LogP contribution in [0.3, 0.4) is 0 Å². The number of anilines is 2. The molecule has 10 heteroatoms. The van der Waals surface area contributed by atoms with Crippen LogP contribution in [0.1, 0.15) is 19.7 Å². The molecule has 1 aliphatic rings. The largest absolute Gasteiger partial charge is 0.327 e. The molecule has 0 radical (unpaired) electrons. The van der Waals surface area contributed by atoms with Crippen LogP contribution in [0.2, 0.25) is 5.02 Å². The lowest BCUT2D eigenvalue weighted by atomic mass is 9.99. The number of rotatable bonds is 4. The van der Waals surface area contributed by atoms with Gasteiger partial charge in [0.15, 0.2) is 0 Å². The molecule has 0 atom stereocenters. The van der Waals surface area contributed by atoms with E-state index in [1.807, 2.05) is 18.4 Å². The Morgan fingerprint density at radius 1 is 1.23 bits per heavy atom. The summed E-state index contributed by atoms with van der Waals surface area (Å²) in [5, 5.41) is 3.64.